The molecule has 1 fully saturated rings. The monoisotopic (exact) mass is 227 g/mol. The molecule has 1 aliphatic heterocycles. The predicted octanol–water partition coefficient (Wildman–Crippen LogP) is 1.89. The lowest BCUT2D eigenvalue weighted by Crippen LogP contribution is -2.12. The second-order valence-electron chi connectivity index (χ2n) is 4.00. The van der Waals surface area contributed by atoms with Crippen LogP contribution in [0.4, 0.5) is 0 Å². The fourth-order valence-corrected chi connectivity index (χ4v) is 2.40. The predicted molar refractivity (Wildman–Crippen MR) is 59.7 cm³/mol. The average Bonchev–Trinajstić information content (AvgIpc) is 2.90. The summed E-state index contributed by atoms with van der Waals surface area (Å²) in [6.07, 6.45) is 7.90. The molecule has 0 saturated carbocycles. The molecular weight excluding hydrogens is 210 g/mol. The summed E-state index contributed by atoms with van der Waals surface area (Å²) in [5, 5.41) is 0. The summed E-state index contributed by atoms with van der Waals surface area (Å²) >= 11 is 1.22. The molecule has 2 N–H and O–H groups in total. The molecule has 0 aliphatic carbocycles. The molecule has 0 radical (unpaired) electrons. The number of nitrogens with zero attached hydrogens (tertiary/aromatic N) is 2. The molecule has 1 saturated heterocycles. The van der Waals surface area contributed by atoms with Crippen LogP contribution in [-0.4, -0.2) is 21.5 Å². The molecule has 2 atom stereocenters. The van der Waals surface area contributed by atoms with Gasteiger partial charge in [-0.2, -0.15) is 8.75 Å². The van der Waals surface area contributed by atoms with Crippen molar-refractivity contribution >= 4 is 11.7 Å². The number of nitrogens with two attached hydrogens (primary N) is 1. The average molecular weight is 227 g/mol. The van der Waals surface area contributed by atoms with E-state index in [0.29, 0.717) is 6.10 Å². The molecule has 1 aromatic rings. The molecule has 0 amide bonds. The third-order valence-electron chi connectivity index (χ3n) is 2.82. The zero-order chi connectivity index (χ0) is 10.5. The van der Waals surface area contributed by atoms with Gasteiger partial charge < -0.3 is 10.5 Å². The molecular formula is C10H17N3OS. The Kier molecular flexibility index (Phi) is 4.05. The van der Waals surface area contributed by atoms with Crippen molar-refractivity contribution in [2.75, 3.05) is 6.61 Å². The van der Waals surface area contributed by atoms with E-state index in [9.17, 15) is 0 Å². The van der Waals surface area contributed by atoms with Gasteiger partial charge in [0.25, 0.3) is 0 Å². The molecule has 0 spiro atoms. The SMILES string of the molecule is NC(CCCC1CCCO1)c1cnsn1. The number of hydrogen-bond donors (Lipinski definition) is 1. The summed E-state index contributed by atoms with van der Waals surface area (Å²) in [7, 11) is 0. The van der Waals surface area contributed by atoms with Gasteiger partial charge in [0, 0.05) is 12.6 Å². The number of hydrogen-bond acceptors (Lipinski definition) is 5. The highest BCUT2D eigenvalue weighted by atomic mass is 32.1. The Labute approximate surface area is 94.2 Å². The lowest BCUT2D eigenvalue weighted by Gasteiger charge is -2.11. The minimum atomic E-state index is 0.0464. The van der Waals surface area contributed by atoms with Crippen molar-refractivity contribution in [2.24, 2.45) is 5.73 Å². The first kappa shape index (κ1) is 11.0. The highest BCUT2D eigenvalue weighted by Crippen LogP contribution is 2.21. The van der Waals surface area contributed by atoms with E-state index in [1.54, 1.807) is 6.20 Å². The Morgan fingerprint density at radius 1 is 1.67 bits per heavy atom. The second-order valence-corrected chi connectivity index (χ2v) is 4.56. The third kappa shape index (κ3) is 3.22. The maximum absolute atomic E-state index is 5.99. The van der Waals surface area contributed by atoms with E-state index in [4.69, 9.17) is 10.5 Å². The van der Waals surface area contributed by atoms with Crippen LogP contribution < -0.4 is 5.73 Å². The van der Waals surface area contributed by atoms with Gasteiger partial charge in [0.2, 0.25) is 0 Å². The maximum Gasteiger partial charge on any atom is 0.0910 e. The Balaban J connectivity index is 1.65. The largest absolute Gasteiger partial charge is 0.378 e. The Morgan fingerprint density at radius 3 is 3.27 bits per heavy atom. The second kappa shape index (κ2) is 5.53. The molecule has 2 unspecified atom stereocenters. The van der Waals surface area contributed by atoms with Crippen molar-refractivity contribution in [3.05, 3.63) is 11.9 Å². The third-order valence-corrected chi connectivity index (χ3v) is 3.32. The van der Waals surface area contributed by atoms with Crippen LogP contribution in [0.5, 0.6) is 0 Å². The van der Waals surface area contributed by atoms with E-state index in [-0.39, 0.29) is 6.04 Å². The van der Waals surface area contributed by atoms with Gasteiger partial charge in [-0.3, -0.25) is 0 Å². The smallest absolute Gasteiger partial charge is 0.0910 e. The van der Waals surface area contributed by atoms with Crippen LogP contribution >= 0.6 is 11.7 Å². The summed E-state index contributed by atoms with van der Waals surface area (Å²) in [5.74, 6) is 0. The van der Waals surface area contributed by atoms with Gasteiger partial charge in [-0.1, -0.05) is 0 Å². The topological polar surface area (TPSA) is 61.0 Å². The van der Waals surface area contributed by atoms with E-state index < -0.39 is 0 Å². The van der Waals surface area contributed by atoms with E-state index in [2.05, 4.69) is 8.75 Å². The van der Waals surface area contributed by atoms with Crippen LogP contribution in [-0.2, 0) is 4.74 Å². The fraction of sp³-hybridized carbons (Fsp3) is 0.800. The fourth-order valence-electron chi connectivity index (χ4n) is 1.92. The molecule has 0 aromatic carbocycles. The minimum Gasteiger partial charge on any atom is -0.378 e. The van der Waals surface area contributed by atoms with Gasteiger partial charge in [-0.25, -0.2) is 0 Å². The maximum atomic E-state index is 5.99. The standard InChI is InChI=1S/C10H17N3OS/c11-9(10-7-12-15-13-10)5-1-3-8-4-2-6-14-8/h7-9H,1-6,11H2. The Bertz CT molecular complexity index is 272. The number of rotatable bonds is 5. The lowest BCUT2D eigenvalue weighted by atomic mass is 10.0. The van der Waals surface area contributed by atoms with Crippen molar-refractivity contribution < 1.29 is 4.74 Å². The van der Waals surface area contributed by atoms with Gasteiger partial charge in [0.1, 0.15) is 0 Å². The van der Waals surface area contributed by atoms with E-state index >= 15 is 0 Å². The first-order valence-corrected chi connectivity index (χ1v) is 6.24. The summed E-state index contributed by atoms with van der Waals surface area (Å²) in [5.41, 5.74) is 6.91. The molecule has 84 valence electrons. The minimum absolute atomic E-state index is 0.0464. The summed E-state index contributed by atoms with van der Waals surface area (Å²) in [4.78, 5) is 0. The molecule has 5 heteroatoms. The highest BCUT2D eigenvalue weighted by Gasteiger charge is 2.16. The molecule has 15 heavy (non-hydrogen) atoms. The van der Waals surface area contributed by atoms with Crippen LogP contribution in [0.2, 0.25) is 0 Å². The van der Waals surface area contributed by atoms with Gasteiger partial charge in [-0.15, -0.1) is 0 Å². The van der Waals surface area contributed by atoms with Crippen molar-refractivity contribution in [3.8, 4) is 0 Å². The lowest BCUT2D eigenvalue weighted by molar-refractivity contribution is 0.101. The van der Waals surface area contributed by atoms with Gasteiger partial charge >= 0.3 is 0 Å². The quantitative estimate of drug-likeness (QED) is 0.834. The van der Waals surface area contributed by atoms with E-state index in [1.165, 1.54) is 24.6 Å². The van der Waals surface area contributed by atoms with Crippen molar-refractivity contribution in [2.45, 2.75) is 44.2 Å². The molecule has 0 bridgehead atoms. The molecule has 2 heterocycles. The molecule has 1 aliphatic rings. The number of ether oxygens (including phenoxy) is 1. The summed E-state index contributed by atoms with van der Waals surface area (Å²) in [6.45, 7) is 0.937. The molecule has 2 rings (SSSR count). The summed E-state index contributed by atoms with van der Waals surface area (Å²) < 4.78 is 13.7. The van der Waals surface area contributed by atoms with Crippen molar-refractivity contribution in [1.29, 1.82) is 0 Å². The van der Waals surface area contributed by atoms with E-state index in [0.717, 1.165) is 31.6 Å². The van der Waals surface area contributed by atoms with Crippen molar-refractivity contribution in [1.82, 2.24) is 8.75 Å². The first-order chi connectivity index (χ1) is 7.36. The van der Waals surface area contributed by atoms with Gasteiger partial charge in [0.15, 0.2) is 0 Å². The number of aromatic nitrogens is 2. The highest BCUT2D eigenvalue weighted by molar-refractivity contribution is 6.99. The zero-order valence-electron chi connectivity index (χ0n) is 8.76. The van der Waals surface area contributed by atoms with Crippen LogP contribution in [0.25, 0.3) is 0 Å². The van der Waals surface area contributed by atoms with Crippen LogP contribution in [0.3, 0.4) is 0 Å². The normalized spacial score (nSPS) is 23.1. The van der Waals surface area contributed by atoms with Crippen LogP contribution in [0.15, 0.2) is 6.20 Å². The Morgan fingerprint density at radius 2 is 2.60 bits per heavy atom. The summed E-state index contributed by atoms with van der Waals surface area (Å²) in [6, 6.07) is 0.0464. The Hall–Kier alpha value is -0.520. The molecule has 1 aromatic heterocycles. The van der Waals surface area contributed by atoms with Gasteiger partial charge in [0.05, 0.1) is 29.7 Å². The van der Waals surface area contributed by atoms with Gasteiger partial charge in [-0.05, 0) is 32.1 Å². The van der Waals surface area contributed by atoms with Crippen LogP contribution in [0.1, 0.15) is 43.8 Å². The zero-order valence-corrected chi connectivity index (χ0v) is 9.58. The first-order valence-electron chi connectivity index (χ1n) is 5.51. The molecule has 4 nitrogen and oxygen atoms in total. The van der Waals surface area contributed by atoms with Crippen molar-refractivity contribution in [3.63, 3.8) is 0 Å². The van der Waals surface area contributed by atoms with E-state index in [1.807, 2.05) is 0 Å². The van der Waals surface area contributed by atoms with Crippen LogP contribution in [0, 0.1) is 0 Å².